The van der Waals surface area contributed by atoms with Crippen LogP contribution >= 0.6 is 0 Å². The molecule has 168 valence electrons. The van der Waals surface area contributed by atoms with E-state index in [2.05, 4.69) is 15.1 Å². The minimum Gasteiger partial charge on any atom is -0.379 e. The van der Waals surface area contributed by atoms with Crippen LogP contribution in [0.3, 0.4) is 0 Å². The molecular formula is C21H34N4O4S. The Morgan fingerprint density at radius 3 is 2.47 bits per heavy atom. The summed E-state index contributed by atoms with van der Waals surface area (Å²) in [7, 11) is -0.600. The van der Waals surface area contributed by atoms with E-state index in [1.807, 2.05) is 0 Å². The summed E-state index contributed by atoms with van der Waals surface area (Å²) < 4.78 is 31.6. The van der Waals surface area contributed by atoms with Crippen molar-refractivity contribution in [2.75, 3.05) is 71.5 Å². The first kappa shape index (κ1) is 23.0. The number of rotatable bonds is 9. The Bertz CT molecular complexity index is 816. The molecule has 1 N–H and O–H groups in total. The number of nitrogens with zero attached hydrogens (tertiary/aromatic N) is 3. The van der Waals surface area contributed by atoms with Crippen LogP contribution in [-0.2, 0) is 14.8 Å². The van der Waals surface area contributed by atoms with Crippen molar-refractivity contribution < 1.29 is 17.9 Å². The van der Waals surface area contributed by atoms with Crippen LogP contribution in [0.2, 0.25) is 0 Å². The van der Waals surface area contributed by atoms with Crippen LogP contribution in [0, 0.1) is 0 Å². The van der Waals surface area contributed by atoms with E-state index in [1.54, 1.807) is 12.1 Å². The number of benzene rings is 1. The summed E-state index contributed by atoms with van der Waals surface area (Å²) in [6.45, 7) is 6.89. The molecule has 0 bridgehead atoms. The Morgan fingerprint density at radius 2 is 1.80 bits per heavy atom. The predicted molar refractivity (Wildman–Crippen MR) is 118 cm³/mol. The Labute approximate surface area is 180 Å². The van der Waals surface area contributed by atoms with Gasteiger partial charge >= 0.3 is 0 Å². The van der Waals surface area contributed by atoms with Crippen molar-refractivity contribution in [2.24, 2.45) is 0 Å². The van der Waals surface area contributed by atoms with Gasteiger partial charge in [-0.2, -0.15) is 0 Å². The van der Waals surface area contributed by atoms with Crippen LogP contribution in [0.25, 0.3) is 0 Å². The third-order valence-electron chi connectivity index (χ3n) is 5.73. The van der Waals surface area contributed by atoms with E-state index in [4.69, 9.17) is 4.74 Å². The van der Waals surface area contributed by atoms with Crippen LogP contribution in [-0.4, -0.2) is 90.1 Å². The zero-order valence-corrected chi connectivity index (χ0v) is 18.9. The summed E-state index contributed by atoms with van der Waals surface area (Å²) in [6.07, 6.45) is 4.06. The number of unbranched alkanes of at least 4 members (excludes halogenated alkanes) is 1. The molecule has 2 fully saturated rings. The summed E-state index contributed by atoms with van der Waals surface area (Å²) >= 11 is 0. The van der Waals surface area contributed by atoms with Gasteiger partial charge in [0.2, 0.25) is 10.0 Å². The van der Waals surface area contributed by atoms with Gasteiger partial charge in [0, 0.05) is 52.5 Å². The van der Waals surface area contributed by atoms with Crippen LogP contribution in [0.5, 0.6) is 0 Å². The van der Waals surface area contributed by atoms with Gasteiger partial charge in [-0.15, -0.1) is 0 Å². The Kier molecular flexibility index (Phi) is 8.10. The molecule has 9 heteroatoms. The normalized spacial score (nSPS) is 18.2. The molecule has 2 heterocycles. The second kappa shape index (κ2) is 10.6. The highest BCUT2D eigenvalue weighted by molar-refractivity contribution is 7.89. The second-order valence-electron chi connectivity index (χ2n) is 8.08. The van der Waals surface area contributed by atoms with Crippen LogP contribution < -0.4 is 10.2 Å². The summed E-state index contributed by atoms with van der Waals surface area (Å²) in [4.78, 5) is 17.7. The maximum absolute atomic E-state index is 13.0. The van der Waals surface area contributed by atoms with E-state index in [0.29, 0.717) is 12.1 Å². The van der Waals surface area contributed by atoms with Crippen molar-refractivity contribution in [1.29, 1.82) is 0 Å². The fraction of sp³-hybridized carbons (Fsp3) is 0.667. The van der Waals surface area contributed by atoms with Crippen molar-refractivity contribution in [2.45, 2.75) is 30.6 Å². The molecule has 0 aromatic heterocycles. The molecule has 1 aromatic rings. The van der Waals surface area contributed by atoms with Gasteiger partial charge in [0.05, 0.1) is 23.7 Å². The van der Waals surface area contributed by atoms with Crippen LogP contribution in [0.4, 0.5) is 5.69 Å². The SMILES string of the molecule is CN(C)S(=O)(=O)c1ccc(N2CCCC2)c(C(=O)NCCCCN2CCOCC2)c1. The van der Waals surface area contributed by atoms with E-state index >= 15 is 0 Å². The number of sulfonamides is 1. The number of ether oxygens (including phenoxy) is 1. The molecule has 2 aliphatic rings. The molecule has 0 radical (unpaired) electrons. The predicted octanol–water partition coefficient (Wildman–Crippen LogP) is 1.38. The van der Waals surface area contributed by atoms with Gasteiger partial charge in [-0.3, -0.25) is 9.69 Å². The lowest BCUT2D eigenvalue weighted by Gasteiger charge is -2.26. The fourth-order valence-electron chi connectivity index (χ4n) is 3.88. The van der Waals surface area contributed by atoms with Gasteiger partial charge in [-0.05, 0) is 50.4 Å². The number of nitrogens with one attached hydrogen (secondary N) is 1. The molecule has 0 unspecified atom stereocenters. The topological polar surface area (TPSA) is 82.2 Å². The molecule has 0 saturated carbocycles. The third-order valence-corrected chi connectivity index (χ3v) is 7.54. The first-order valence-electron chi connectivity index (χ1n) is 10.8. The van der Waals surface area contributed by atoms with Gasteiger partial charge in [-0.25, -0.2) is 12.7 Å². The van der Waals surface area contributed by atoms with Crippen molar-refractivity contribution in [3.63, 3.8) is 0 Å². The molecule has 1 amide bonds. The molecule has 2 aliphatic heterocycles. The first-order chi connectivity index (χ1) is 14.4. The largest absolute Gasteiger partial charge is 0.379 e. The maximum Gasteiger partial charge on any atom is 0.253 e. The zero-order valence-electron chi connectivity index (χ0n) is 18.1. The zero-order chi connectivity index (χ0) is 21.6. The lowest BCUT2D eigenvalue weighted by molar-refractivity contribution is 0.0372. The molecule has 30 heavy (non-hydrogen) atoms. The molecular weight excluding hydrogens is 404 g/mol. The fourth-order valence-corrected chi connectivity index (χ4v) is 4.81. The number of hydrogen-bond donors (Lipinski definition) is 1. The maximum atomic E-state index is 13.0. The lowest BCUT2D eigenvalue weighted by atomic mass is 10.1. The van der Waals surface area contributed by atoms with E-state index < -0.39 is 10.0 Å². The van der Waals surface area contributed by atoms with Gasteiger partial charge in [0.1, 0.15) is 0 Å². The van der Waals surface area contributed by atoms with Gasteiger partial charge < -0.3 is 15.0 Å². The number of morpholine rings is 1. The second-order valence-corrected chi connectivity index (χ2v) is 10.2. The molecule has 2 saturated heterocycles. The number of hydrogen-bond acceptors (Lipinski definition) is 6. The molecule has 0 spiro atoms. The van der Waals surface area contributed by atoms with E-state index in [0.717, 1.165) is 77.3 Å². The first-order valence-corrected chi connectivity index (χ1v) is 12.2. The smallest absolute Gasteiger partial charge is 0.253 e. The Morgan fingerprint density at radius 1 is 1.10 bits per heavy atom. The highest BCUT2D eigenvalue weighted by Crippen LogP contribution is 2.28. The average Bonchev–Trinajstić information content (AvgIpc) is 3.28. The molecule has 0 atom stereocenters. The Balaban J connectivity index is 1.64. The molecule has 0 aliphatic carbocycles. The van der Waals surface area contributed by atoms with Crippen molar-refractivity contribution in [3.8, 4) is 0 Å². The third kappa shape index (κ3) is 5.72. The Hall–Kier alpha value is -1.68. The van der Waals surface area contributed by atoms with Crippen molar-refractivity contribution in [3.05, 3.63) is 23.8 Å². The molecule has 3 rings (SSSR count). The van der Waals surface area contributed by atoms with E-state index in [9.17, 15) is 13.2 Å². The van der Waals surface area contributed by atoms with Crippen molar-refractivity contribution >= 4 is 21.6 Å². The van der Waals surface area contributed by atoms with E-state index in [-0.39, 0.29) is 10.8 Å². The standard InChI is InChI=1S/C21H34N4O4S/c1-23(2)30(27,28)18-7-8-20(25-11-5-6-12-25)19(17-18)21(26)22-9-3-4-10-24-13-15-29-16-14-24/h7-8,17H,3-6,9-16H2,1-2H3,(H,22,26). The van der Waals surface area contributed by atoms with Crippen molar-refractivity contribution in [1.82, 2.24) is 14.5 Å². The van der Waals surface area contributed by atoms with Gasteiger partial charge in [0.25, 0.3) is 5.91 Å². The summed E-state index contributed by atoms with van der Waals surface area (Å²) in [6, 6.07) is 4.89. The monoisotopic (exact) mass is 438 g/mol. The number of carbonyl (C=O) groups is 1. The summed E-state index contributed by atoms with van der Waals surface area (Å²) in [5.41, 5.74) is 1.25. The molecule has 8 nitrogen and oxygen atoms in total. The molecule has 1 aromatic carbocycles. The quantitative estimate of drug-likeness (QED) is 0.587. The summed E-state index contributed by atoms with van der Waals surface area (Å²) in [5.74, 6) is -0.209. The van der Waals surface area contributed by atoms with Gasteiger partial charge in [0.15, 0.2) is 0 Å². The highest BCUT2D eigenvalue weighted by atomic mass is 32.2. The minimum atomic E-state index is -3.60. The average molecular weight is 439 g/mol. The van der Waals surface area contributed by atoms with Gasteiger partial charge in [-0.1, -0.05) is 0 Å². The number of anilines is 1. The van der Waals surface area contributed by atoms with Crippen LogP contribution in [0.1, 0.15) is 36.0 Å². The van der Waals surface area contributed by atoms with E-state index in [1.165, 1.54) is 24.5 Å². The minimum absolute atomic E-state index is 0.146. The van der Waals surface area contributed by atoms with Crippen LogP contribution in [0.15, 0.2) is 23.1 Å². The number of amides is 1. The summed E-state index contributed by atoms with van der Waals surface area (Å²) in [5, 5.41) is 2.99. The highest BCUT2D eigenvalue weighted by Gasteiger charge is 2.24. The number of carbonyl (C=O) groups excluding carboxylic acids is 1. The lowest BCUT2D eigenvalue weighted by Crippen LogP contribution is -2.37.